The van der Waals surface area contributed by atoms with Crippen LogP contribution < -0.4 is 5.32 Å². The molecule has 1 aliphatic rings. The third kappa shape index (κ3) is 5.90. The maximum absolute atomic E-state index is 12.5. The van der Waals surface area contributed by atoms with Crippen LogP contribution in [0.3, 0.4) is 0 Å². The van der Waals surface area contributed by atoms with Crippen LogP contribution in [0.5, 0.6) is 0 Å². The van der Waals surface area contributed by atoms with Crippen molar-refractivity contribution in [3.63, 3.8) is 0 Å². The largest absolute Gasteiger partial charge is 0.378 e. The van der Waals surface area contributed by atoms with Gasteiger partial charge >= 0.3 is 0 Å². The number of carbonyl (C=O) groups excluding carboxylic acids is 2. The van der Waals surface area contributed by atoms with Crippen molar-refractivity contribution in [2.45, 2.75) is 52.5 Å². The number of rotatable bonds is 7. The molecule has 0 aromatic rings. The molecule has 0 aliphatic carbocycles. The fourth-order valence-electron chi connectivity index (χ4n) is 2.30. The molecule has 1 rings (SSSR count). The molecule has 1 heterocycles. The van der Waals surface area contributed by atoms with Crippen molar-refractivity contribution < 1.29 is 14.3 Å². The lowest BCUT2D eigenvalue weighted by atomic mass is 10.0. The normalized spacial score (nSPS) is 17.1. The second-order valence-electron chi connectivity index (χ2n) is 5.79. The predicted octanol–water partition coefficient (Wildman–Crippen LogP) is 1.57. The van der Waals surface area contributed by atoms with E-state index < -0.39 is 6.04 Å². The number of nitrogens with zero attached hydrogens (tertiary/aromatic N) is 1. The first-order chi connectivity index (χ1) is 9.54. The first-order valence-electron chi connectivity index (χ1n) is 7.70. The number of hydrogen-bond acceptors (Lipinski definition) is 3. The van der Waals surface area contributed by atoms with Crippen molar-refractivity contribution in [1.29, 1.82) is 0 Å². The van der Waals surface area contributed by atoms with Gasteiger partial charge in [-0.3, -0.25) is 9.59 Å². The molecule has 116 valence electrons. The minimum absolute atomic E-state index is 0.0147. The summed E-state index contributed by atoms with van der Waals surface area (Å²) in [5.41, 5.74) is 0. The number of morpholine rings is 1. The van der Waals surface area contributed by atoms with E-state index in [0.29, 0.717) is 45.1 Å². The molecule has 20 heavy (non-hydrogen) atoms. The zero-order valence-corrected chi connectivity index (χ0v) is 13.0. The van der Waals surface area contributed by atoms with E-state index in [4.69, 9.17) is 4.74 Å². The van der Waals surface area contributed by atoms with Crippen LogP contribution in [-0.4, -0.2) is 49.1 Å². The molecule has 2 amide bonds. The SMILES string of the molecule is CCCCC(=O)N[C@@H](CC(C)C)C(=O)N1CCOCC1. The highest BCUT2D eigenvalue weighted by Crippen LogP contribution is 2.10. The van der Waals surface area contributed by atoms with E-state index in [9.17, 15) is 9.59 Å². The topological polar surface area (TPSA) is 58.6 Å². The Kier molecular flexibility index (Phi) is 7.59. The lowest BCUT2D eigenvalue weighted by Gasteiger charge is -2.31. The van der Waals surface area contributed by atoms with Crippen LogP contribution in [0, 0.1) is 5.92 Å². The molecule has 1 aliphatic heterocycles. The van der Waals surface area contributed by atoms with Crippen molar-refractivity contribution in [3.05, 3.63) is 0 Å². The van der Waals surface area contributed by atoms with E-state index in [1.165, 1.54) is 0 Å². The van der Waals surface area contributed by atoms with E-state index in [0.717, 1.165) is 12.8 Å². The van der Waals surface area contributed by atoms with E-state index in [1.807, 2.05) is 0 Å². The molecule has 1 atom stereocenters. The molecule has 0 aromatic heterocycles. The lowest BCUT2D eigenvalue weighted by molar-refractivity contribution is -0.140. The van der Waals surface area contributed by atoms with Crippen LogP contribution in [0.1, 0.15) is 46.5 Å². The number of ether oxygens (including phenoxy) is 1. The van der Waals surface area contributed by atoms with Crippen molar-refractivity contribution in [2.75, 3.05) is 26.3 Å². The zero-order valence-electron chi connectivity index (χ0n) is 13.0. The molecule has 1 fully saturated rings. The third-order valence-corrected chi connectivity index (χ3v) is 3.42. The minimum Gasteiger partial charge on any atom is -0.378 e. The highest BCUT2D eigenvalue weighted by atomic mass is 16.5. The molecule has 5 nitrogen and oxygen atoms in total. The Morgan fingerprint density at radius 2 is 1.90 bits per heavy atom. The van der Waals surface area contributed by atoms with Crippen LogP contribution in [-0.2, 0) is 14.3 Å². The highest BCUT2D eigenvalue weighted by molar-refractivity contribution is 5.87. The third-order valence-electron chi connectivity index (χ3n) is 3.42. The fourth-order valence-corrected chi connectivity index (χ4v) is 2.30. The van der Waals surface area contributed by atoms with Crippen molar-refractivity contribution in [2.24, 2.45) is 5.92 Å². The number of hydrogen-bond donors (Lipinski definition) is 1. The van der Waals surface area contributed by atoms with Gasteiger partial charge in [0.2, 0.25) is 11.8 Å². The molecule has 0 bridgehead atoms. The summed E-state index contributed by atoms with van der Waals surface area (Å²) in [7, 11) is 0. The lowest BCUT2D eigenvalue weighted by Crippen LogP contribution is -2.52. The van der Waals surface area contributed by atoms with Crippen LogP contribution in [0.15, 0.2) is 0 Å². The van der Waals surface area contributed by atoms with Gasteiger partial charge < -0.3 is 15.0 Å². The Labute approximate surface area is 122 Å². The van der Waals surface area contributed by atoms with Gasteiger partial charge in [0.05, 0.1) is 13.2 Å². The molecular weight excluding hydrogens is 256 g/mol. The summed E-state index contributed by atoms with van der Waals surface area (Å²) in [5.74, 6) is 0.391. The smallest absolute Gasteiger partial charge is 0.245 e. The molecule has 0 radical (unpaired) electrons. The predicted molar refractivity (Wildman–Crippen MR) is 78.3 cm³/mol. The van der Waals surface area contributed by atoms with E-state index >= 15 is 0 Å². The molecule has 1 N–H and O–H groups in total. The van der Waals surface area contributed by atoms with E-state index in [1.54, 1.807) is 4.90 Å². The Balaban J connectivity index is 2.57. The molecule has 0 unspecified atom stereocenters. The molecule has 0 saturated carbocycles. The monoisotopic (exact) mass is 284 g/mol. The zero-order chi connectivity index (χ0) is 15.0. The molecule has 1 saturated heterocycles. The van der Waals surface area contributed by atoms with Gasteiger partial charge in [-0.2, -0.15) is 0 Å². The van der Waals surface area contributed by atoms with Crippen molar-refractivity contribution in [3.8, 4) is 0 Å². The Bertz CT molecular complexity index is 312. The summed E-state index contributed by atoms with van der Waals surface area (Å²) in [6.07, 6.45) is 3.04. The number of amides is 2. The van der Waals surface area contributed by atoms with Gasteiger partial charge in [-0.25, -0.2) is 0 Å². The molecular formula is C15H28N2O3. The summed E-state index contributed by atoms with van der Waals surface area (Å²) in [6, 6.07) is -0.391. The second kappa shape index (κ2) is 8.95. The van der Waals surface area contributed by atoms with Crippen LogP contribution in [0.2, 0.25) is 0 Å². The summed E-state index contributed by atoms with van der Waals surface area (Å²) in [5, 5.41) is 2.91. The average molecular weight is 284 g/mol. The summed E-state index contributed by atoms with van der Waals surface area (Å²) >= 11 is 0. The van der Waals surface area contributed by atoms with Crippen LogP contribution >= 0.6 is 0 Å². The quantitative estimate of drug-likeness (QED) is 0.772. The van der Waals surface area contributed by atoms with E-state index in [2.05, 4.69) is 26.1 Å². The number of nitrogens with one attached hydrogen (secondary N) is 1. The van der Waals surface area contributed by atoms with Crippen molar-refractivity contribution in [1.82, 2.24) is 10.2 Å². The Morgan fingerprint density at radius 1 is 1.25 bits per heavy atom. The van der Waals surface area contributed by atoms with Gasteiger partial charge in [-0.15, -0.1) is 0 Å². The minimum atomic E-state index is -0.391. The fraction of sp³-hybridized carbons (Fsp3) is 0.867. The van der Waals surface area contributed by atoms with Gasteiger partial charge in [-0.05, 0) is 18.8 Å². The van der Waals surface area contributed by atoms with E-state index in [-0.39, 0.29) is 11.8 Å². The Morgan fingerprint density at radius 3 is 2.45 bits per heavy atom. The average Bonchev–Trinajstić information content (AvgIpc) is 2.44. The van der Waals surface area contributed by atoms with Crippen LogP contribution in [0.25, 0.3) is 0 Å². The van der Waals surface area contributed by atoms with Gasteiger partial charge in [0.15, 0.2) is 0 Å². The number of carbonyl (C=O) groups is 2. The summed E-state index contributed by atoms with van der Waals surface area (Å²) < 4.78 is 5.26. The Hall–Kier alpha value is -1.10. The highest BCUT2D eigenvalue weighted by Gasteiger charge is 2.27. The van der Waals surface area contributed by atoms with Crippen LogP contribution in [0.4, 0.5) is 0 Å². The molecule has 0 spiro atoms. The second-order valence-corrected chi connectivity index (χ2v) is 5.79. The van der Waals surface area contributed by atoms with Gasteiger partial charge in [-0.1, -0.05) is 27.2 Å². The standard InChI is InChI=1S/C15H28N2O3/c1-4-5-6-14(18)16-13(11-12(2)3)15(19)17-7-9-20-10-8-17/h12-13H,4-11H2,1-3H3,(H,16,18)/t13-/m0/s1. The molecule has 0 aromatic carbocycles. The van der Waals surface area contributed by atoms with Gasteiger partial charge in [0, 0.05) is 19.5 Å². The van der Waals surface area contributed by atoms with Gasteiger partial charge in [0.25, 0.3) is 0 Å². The first kappa shape index (κ1) is 17.0. The molecule has 5 heteroatoms. The maximum atomic E-state index is 12.5. The first-order valence-corrected chi connectivity index (χ1v) is 7.70. The van der Waals surface area contributed by atoms with Crippen molar-refractivity contribution >= 4 is 11.8 Å². The maximum Gasteiger partial charge on any atom is 0.245 e. The number of unbranched alkanes of at least 4 members (excludes halogenated alkanes) is 1. The summed E-state index contributed by atoms with van der Waals surface area (Å²) in [4.78, 5) is 26.2. The summed E-state index contributed by atoms with van der Waals surface area (Å²) in [6.45, 7) is 8.61. The van der Waals surface area contributed by atoms with Gasteiger partial charge in [0.1, 0.15) is 6.04 Å².